The molecule has 7 amide bonds. The predicted octanol–water partition coefficient (Wildman–Crippen LogP) is 6.92. The number of carbonyl (C=O) groups is 9. The standard InChI is InChI=1S/C62H86Br2ClFN8O16/c1-33(2)51(69-40(32-75)17-14-22-60(6,7)90-57(81)39(30-63)31-64)54(78)71-43(18-15-23-68-58(67)82)53(77)70-42-21-20-38(27-41(42)66)55(79)73(9)36(5)56(80)88-48-28-49(76)74(10)44-25-37(26-45(85-11)50(44)65)24-34(3)16-13-19-47(86-12)62(84)29-46(87-59(83)72-62)35(4)52-61(48,8)89-52/h13,16,19-21,25-27,32-33,35-36,39-40,43,46-48,51-52,69,84H,14-15,17-18,22-24,28-31H2,1-12H3,(H,70,77)(H,71,78)(H,72,83)(H3,67,68,82)/b19-13+,34-16+/t35-,36+,40?,43+,46+,47-,48+,51+,52+,61+,62+/m1/s1. The van der Waals surface area contributed by atoms with E-state index in [1.54, 1.807) is 65.8 Å². The zero-order valence-corrected chi connectivity index (χ0v) is 56.8. The number of alkyl halides is 2. The Kier molecular flexibility index (Phi) is 27.2. The molecule has 2 fully saturated rings. The van der Waals surface area contributed by atoms with Crippen molar-refractivity contribution in [3.05, 3.63) is 76.1 Å². The van der Waals surface area contributed by atoms with Crippen molar-refractivity contribution in [2.24, 2.45) is 23.5 Å². The molecule has 3 aliphatic rings. The van der Waals surface area contributed by atoms with Crippen LogP contribution in [0.2, 0.25) is 5.02 Å². The fourth-order valence-corrected chi connectivity index (χ4v) is 12.6. The Morgan fingerprint density at radius 2 is 1.73 bits per heavy atom. The second-order valence-corrected chi connectivity index (χ2v) is 25.9. The lowest BCUT2D eigenvalue weighted by Gasteiger charge is -2.42. The summed E-state index contributed by atoms with van der Waals surface area (Å²) in [6.07, 6.45) is 1.59. The van der Waals surface area contributed by atoms with Gasteiger partial charge in [0.25, 0.3) is 5.91 Å². The number of halogens is 4. The molecule has 3 aliphatic heterocycles. The molecule has 28 heteroatoms. The van der Waals surface area contributed by atoms with Crippen molar-refractivity contribution in [3.8, 4) is 5.75 Å². The number of ether oxygens (including phenoxy) is 6. The van der Waals surface area contributed by atoms with Crippen LogP contribution < -0.4 is 42.0 Å². The van der Waals surface area contributed by atoms with Crippen LogP contribution in [0.25, 0.3) is 0 Å². The molecule has 8 N–H and O–H groups in total. The van der Waals surface area contributed by atoms with Crippen LogP contribution in [0.4, 0.5) is 25.4 Å². The normalized spacial score (nSPS) is 24.3. The van der Waals surface area contributed by atoms with Crippen LogP contribution in [0.15, 0.2) is 54.1 Å². The van der Waals surface area contributed by atoms with E-state index in [0.29, 0.717) is 36.2 Å². The first-order valence-corrected chi connectivity index (χ1v) is 32.3. The topological polar surface area (TPSA) is 325 Å². The number of likely N-dealkylation sites (N-methyl/N-ethyl adjacent to an activating group) is 1. The fourth-order valence-electron chi connectivity index (χ4n) is 10.7. The number of amides is 7. The summed E-state index contributed by atoms with van der Waals surface area (Å²) in [6, 6.07) is 1.32. The summed E-state index contributed by atoms with van der Waals surface area (Å²) < 4.78 is 51.4. The largest absolute Gasteiger partial charge is 0.495 e. The van der Waals surface area contributed by atoms with E-state index < -0.39 is 131 Å². The molecule has 1 unspecified atom stereocenters. The third kappa shape index (κ3) is 19.6. The van der Waals surface area contributed by atoms with Crippen LogP contribution in [0.1, 0.15) is 116 Å². The summed E-state index contributed by atoms with van der Waals surface area (Å²) in [5.74, 6) is -6.53. The quantitative estimate of drug-likeness (QED) is 0.0125. The molecule has 24 nitrogen and oxygen atoms in total. The van der Waals surface area contributed by atoms with Gasteiger partial charge in [0, 0.05) is 56.3 Å². The van der Waals surface area contributed by atoms with Crippen LogP contribution in [0, 0.1) is 23.6 Å². The van der Waals surface area contributed by atoms with Gasteiger partial charge in [-0.1, -0.05) is 88.0 Å². The van der Waals surface area contributed by atoms with Crippen LogP contribution in [0.3, 0.4) is 0 Å². The highest BCUT2D eigenvalue weighted by Crippen LogP contribution is 2.49. The molecule has 5 rings (SSSR count). The lowest BCUT2D eigenvalue weighted by molar-refractivity contribution is -0.161. The van der Waals surface area contributed by atoms with Crippen molar-refractivity contribution < 1.29 is 81.1 Å². The van der Waals surface area contributed by atoms with Gasteiger partial charge in [0.05, 0.1) is 49.0 Å². The first kappa shape index (κ1) is 74.5. The monoisotopic (exact) mass is 1410 g/mol. The minimum atomic E-state index is -1.94. The smallest absolute Gasteiger partial charge is 0.409 e. The van der Waals surface area contributed by atoms with Crippen molar-refractivity contribution in [1.82, 2.24) is 26.2 Å². The number of nitrogens with two attached hydrogens (primary N) is 1. The van der Waals surface area contributed by atoms with Gasteiger partial charge in [0.2, 0.25) is 17.7 Å². The van der Waals surface area contributed by atoms with Gasteiger partial charge in [-0.3, -0.25) is 34.6 Å². The van der Waals surface area contributed by atoms with Gasteiger partial charge >= 0.3 is 24.1 Å². The van der Waals surface area contributed by atoms with Crippen LogP contribution in [-0.2, 0) is 58.9 Å². The number of hydrogen-bond donors (Lipinski definition) is 7. The van der Waals surface area contributed by atoms with Gasteiger partial charge in [0.15, 0.2) is 5.72 Å². The van der Waals surface area contributed by atoms with Crippen molar-refractivity contribution in [3.63, 3.8) is 0 Å². The van der Waals surface area contributed by atoms with E-state index in [1.807, 2.05) is 13.0 Å². The third-order valence-corrected chi connectivity index (χ3v) is 18.4. The average molecular weight is 1410 g/mol. The number of esters is 2. The average Bonchev–Trinajstić information content (AvgIpc) is 1.60. The third-order valence-electron chi connectivity index (χ3n) is 16.4. The number of rotatable bonds is 26. The number of urea groups is 1. The molecule has 2 saturated heterocycles. The Morgan fingerprint density at radius 3 is 2.34 bits per heavy atom. The molecular weight excluding hydrogens is 1330 g/mol. The number of nitrogens with one attached hydrogen (secondary N) is 5. The van der Waals surface area contributed by atoms with Crippen molar-refractivity contribution in [1.29, 1.82) is 0 Å². The molecule has 4 bridgehead atoms. The van der Waals surface area contributed by atoms with Crippen LogP contribution in [-0.4, -0.2) is 175 Å². The highest BCUT2D eigenvalue weighted by atomic mass is 79.9. The first-order valence-electron chi connectivity index (χ1n) is 29.6. The van der Waals surface area contributed by atoms with E-state index in [2.05, 4.69) is 58.4 Å². The molecule has 0 aliphatic carbocycles. The van der Waals surface area contributed by atoms with E-state index in [4.69, 9.17) is 45.8 Å². The number of aldehydes is 1. The summed E-state index contributed by atoms with van der Waals surface area (Å²) in [6.45, 7) is 13.6. The fraction of sp³-hybridized carbons (Fsp3) is 0.597. The molecule has 0 aromatic heterocycles. The molecule has 3 heterocycles. The van der Waals surface area contributed by atoms with E-state index in [-0.39, 0.29) is 71.8 Å². The van der Waals surface area contributed by atoms with Crippen molar-refractivity contribution >= 4 is 109 Å². The number of anilines is 2. The van der Waals surface area contributed by atoms with Gasteiger partial charge in [-0.2, -0.15) is 0 Å². The number of carbonyl (C=O) groups excluding carboxylic acids is 9. The zero-order valence-electron chi connectivity index (χ0n) is 52.9. The van der Waals surface area contributed by atoms with E-state index in [0.717, 1.165) is 28.2 Å². The number of hydrogen-bond acceptors (Lipinski definition) is 17. The second kappa shape index (κ2) is 32.9. The molecule has 11 atom stereocenters. The molecule has 90 heavy (non-hydrogen) atoms. The zero-order chi connectivity index (χ0) is 67.2. The molecule has 0 radical (unpaired) electrons. The van der Waals surface area contributed by atoms with Gasteiger partial charge < -0.3 is 69.8 Å². The van der Waals surface area contributed by atoms with E-state index in [1.165, 1.54) is 46.2 Å². The Balaban J connectivity index is 1.34. The second-order valence-electron chi connectivity index (χ2n) is 24.2. The number of aliphatic hydroxyl groups is 1. The van der Waals surface area contributed by atoms with Crippen LogP contribution in [0.5, 0.6) is 5.75 Å². The molecule has 2 aromatic carbocycles. The number of epoxide rings is 1. The number of fused-ring (bicyclic) bond motifs is 5. The molecule has 0 spiro atoms. The molecule has 0 saturated carbocycles. The minimum absolute atomic E-state index is 0.0238. The van der Waals surface area contributed by atoms with Crippen molar-refractivity contribution in [2.45, 2.75) is 172 Å². The maximum absolute atomic E-state index is 16.2. The Labute approximate surface area is 546 Å². The maximum atomic E-state index is 16.2. The number of allylic oxidation sites excluding steroid dienone is 3. The summed E-state index contributed by atoms with van der Waals surface area (Å²) in [5, 5.41) is 26.1. The Morgan fingerprint density at radius 1 is 1.04 bits per heavy atom. The Hall–Kier alpha value is -6.23. The number of benzene rings is 2. The SMILES string of the molecule is COc1cc2cc(c1Cl)N(C)C(=O)C[C@H](OC(=O)[C@H](C)N(C)C(=O)c1ccc(NC(=O)[C@H](CCCNC(N)=O)NC(=O)[C@@H](NC(C=O)CCCC(C)(C)OC(=O)C(CBr)CBr)C(C)C)c(F)c1)[C@]1(C)O[C@H]1[C@H](C)[C@@H]1C[C@@](O)(NC(=O)O1)[C@H](OC)/C=C/C=C(\C)C2. The lowest BCUT2D eigenvalue weighted by Crippen LogP contribution is -2.63. The number of methoxy groups -OCH3 is 2. The highest BCUT2D eigenvalue weighted by Gasteiger charge is 2.64. The Bertz CT molecular complexity index is 3010. The number of alkyl carbamates (subject to hydrolysis) is 1. The van der Waals surface area contributed by atoms with E-state index >= 15 is 4.39 Å². The van der Waals surface area contributed by atoms with Gasteiger partial charge in [-0.25, -0.2) is 18.8 Å². The van der Waals surface area contributed by atoms with Gasteiger partial charge in [0.1, 0.15) is 64.5 Å². The molecule has 498 valence electrons. The lowest BCUT2D eigenvalue weighted by atomic mass is 9.83. The van der Waals surface area contributed by atoms with Crippen LogP contribution >= 0.6 is 43.5 Å². The molecule has 2 aromatic rings. The summed E-state index contributed by atoms with van der Waals surface area (Å²) in [5.41, 5.74) is 2.29. The van der Waals surface area contributed by atoms with Gasteiger partial charge in [-0.05, 0) is 115 Å². The highest BCUT2D eigenvalue weighted by molar-refractivity contribution is 9.09. The van der Waals surface area contributed by atoms with Crippen molar-refractivity contribution in [2.75, 3.05) is 55.7 Å². The molecular formula is C62H86Br2ClFN8O16. The summed E-state index contributed by atoms with van der Waals surface area (Å²) in [4.78, 5) is 123. The number of primary amides is 1. The minimum Gasteiger partial charge on any atom is -0.495 e. The summed E-state index contributed by atoms with van der Waals surface area (Å²) in [7, 11) is 5.61. The maximum Gasteiger partial charge on any atom is 0.409 e. The summed E-state index contributed by atoms with van der Waals surface area (Å²) >= 11 is 13.5. The van der Waals surface area contributed by atoms with E-state index in [9.17, 15) is 48.3 Å². The number of nitrogens with zero attached hydrogens (tertiary/aromatic N) is 2. The predicted molar refractivity (Wildman–Crippen MR) is 341 cm³/mol. The first-order chi connectivity index (χ1) is 42.3. The van der Waals surface area contributed by atoms with Gasteiger partial charge in [-0.15, -0.1) is 0 Å².